The minimum absolute atomic E-state index is 0.273. The molecule has 1 aliphatic heterocycles. The molecule has 4 aromatic rings. The lowest BCUT2D eigenvalue weighted by Crippen LogP contribution is -2.36. The Morgan fingerprint density at radius 2 is 1.91 bits per heavy atom. The summed E-state index contributed by atoms with van der Waals surface area (Å²) in [5.74, 6) is -0.106. The van der Waals surface area contributed by atoms with E-state index in [1.807, 2.05) is 59.3 Å². The van der Waals surface area contributed by atoms with E-state index in [1.165, 1.54) is 6.20 Å². The number of morpholine rings is 1. The molecule has 1 fully saturated rings. The summed E-state index contributed by atoms with van der Waals surface area (Å²) in [6, 6.07) is 15.7. The number of benzene rings is 2. The van der Waals surface area contributed by atoms with Crippen LogP contribution in [0.15, 0.2) is 73.4 Å². The summed E-state index contributed by atoms with van der Waals surface area (Å²) in [5.41, 5.74) is 4.00. The summed E-state index contributed by atoms with van der Waals surface area (Å²) in [4.78, 5) is 14.9. The third kappa shape index (κ3) is 4.60. The van der Waals surface area contributed by atoms with Crippen LogP contribution in [0.25, 0.3) is 11.3 Å². The number of aromatic nitrogens is 4. The zero-order chi connectivity index (χ0) is 21.8. The maximum Gasteiger partial charge on any atom is 0.227 e. The van der Waals surface area contributed by atoms with Crippen molar-refractivity contribution in [3.05, 3.63) is 84.8 Å². The minimum atomic E-state index is -0.453. The number of rotatable bonds is 6. The van der Waals surface area contributed by atoms with Gasteiger partial charge in [-0.05, 0) is 29.8 Å². The Labute approximate surface area is 185 Å². The van der Waals surface area contributed by atoms with E-state index in [-0.39, 0.29) is 5.69 Å². The van der Waals surface area contributed by atoms with Crippen LogP contribution in [0.3, 0.4) is 0 Å². The molecule has 8 heteroatoms. The van der Waals surface area contributed by atoms with Crippen LogP contribution in [0.1, 0.15) is 5.56 Å². The van der Waals surface area contributed by atoms with E-state index in [9.17, 15) is 4.39 Å². The average molecular weight is 430 g/mol. The fourth-order valence-electron chi connectivity index (χ4n) is 3.71. The fourth-order valence-corrected chi connectivity index (χ4v) is 3.71. The predicted octanol–water partition coefficient (Wildman–Crippen LogP) is 4.11. The quantitative estimate of drug-likeness (QED) is 0.497. The van der Waals surface area contributed by atoms with Gasteiger partial charge in [0.2, 0.25) is 5.95 Å². The van der Waals surface area contributed by atoms with Crippen LogP contribution in [-0.4, -0.2) is 45.8 Å². The molecule has 0 saturated carbocycles. The van der Waals surface area contributed by atoms with Gasteiger partial charge in [0.1, 0.15) is 5.69 Å². The summed E-state index contributed by atoms with van der Waals surface area (Å²) in [6.45, 7) is 3.78. The zero-order valence-corrected chi connectivity index (χ0v) is 17.5. The smallest absolute Gasteiger partial charge is 0.227 e. The zero-order valence-electron chi connectivity index (χ0n) is 17.5. The molecular weight excluding hydrogens is 407 g/mol. The summed E-state index contributed by atoms with van der Waals surface area (Å²) < 4.78 is 22.0. The van der Waals surface area contributed by atoms with E-state index < -0.39 is 5.82 Å². The van der Waals surface area contributed by atoms with Gasteiger partial charge in [-0.25, -0.2) is 19.3 Å². The van der Waals surface area contributed by atoms with Crippen LogP contribution in [0.4, 0.5) is 21.7 Å². The van der Waals surface area contributed by atoms with E-state index in [0.717, 1.165) is 36.6 Å². The second-order valence-electron chi connectivity index (χ2n) is 7.60. The molecule has 0 bridgehead atoms. The molecule has 3 heterocycles. The highest BCUT2D eigenvalue weighted by molar-refractivity contribution is 5.67. The molecule has 1 N–H and O–H groups in total. The van der Waals surface area contributed by atoms with Gasteiger partial charge < -0.3 is 19.5 Å². The lowest BCUT2D eigenvalue weighted by Gasteiger charge is -2.29. The monoisotopic (exact) mass is 430 g/mol. The van der Waals surface area contributed by atoms with Gasteiger partial charge in [0.15, 0.2) is 5.82 Å². The SMILES string of the molecule is Fc1cnc(Nc2ccc(Cn3ccnc3)cc2)nc1-c1cccc(N2CCOCC2)c1. The van der Waals surface area contributed by atoms with Crippen molar-refractivity contribution in [3.8, 4) is 11.3 Å². The molecule has 2 aromatic heterocycles. The summed E-state index contributed by atoms with van der Waals surface area (Å²) in [5, 5.41) is 3.17. The summed E-state index contributed by atoms with van der Waals surface area (Å²) >= 11 is 0. The first kappa shape index (κ1) is 20.1. The summed E-state index contributed by atoms with van der Waals surface area (Å²) in [6.07, 6.45) is 6.68. The first-order valence-electron chi connectivity index (χ1n) is 10.5. The number of hydrogen-bond donors (Lipinski definition) is 1. The molecule has 32 heavy (non-hydrogen) atoms. The Kier molecular flexibility index (Phi) is 5.76. The largest absolute Gasteiger partial charge is 0.378 e. The molecule has 0 spiro atoms. The lowest BCUT2D eigenvalue weighted by molar-refractivity contribution is 0.122. The Hall–Kier alpha value is -3.78. The number of halogens is 1. The van der Waals surface area contributed by atoms with Crippen LogP contribution in [0, 0.1) is 5.82 Å². The van der Waals surface area contributed by atoms with Crippen LogP contribution < -0.4 is 10.2 Å². The van der Waals surface area contributed by atoms with Gasteiger partial charge >= 0.3 is 0 Å². The first-order valence-corrected chi connectivity index (χ1v) is 10.5. The van der Waals surface area contributed by atoms with Gasteiger partial charge in [-0.1, -0.05) is 24.3 Å². The van der Waals surface area contributed by atoms with Crippen molar-refractivity contribution in [1.82, 2.24) is 19.5 Å². The minimum Gasteiger partial charge on any atom is -0.378 e. The maximum absolute atomic E-state index is 14.6. The summed E-state index contributed by atoms with van der Waals surface area (Å²) in [7, 11) is 0. The number of imidazole rings is 1. The van der Waals surface area contributed by atoms with Crippen LogP contribution >= 0.6 is 0 Å². The van der Waals surface area contributed by atoms with Gasteiger partial charge in [-0.15, -0.1) is 0 Å². The van der Waals surface area contributed by atoms with Gasteiger partial charge in [-0.2, -0.15) is 0 Å². The highest BCUT2D eigenvalue weighted by Gasteiger charge is 2.14. The van der Waals surface area contributed by atoms with Gasteiger partial charge in [0, 0.05) is 49.0 Å². The second-order valence-corrected chi connectivity index (χ2v) is 7.60. The molecule has 2 aromatic carbocycles. The first-order chi connectivity index (χ1) is 15.7. The van der Waals surface area contributed by atoms with Crippen molar-refractivity contribution in [2.24, 2.45) is 0 Å². The predicted molar refractivity (Wildman–Crippen MR) is 122 cm³/mol. The lowest BCUT2D eigenvalue weighted by atomic mass is 10.1. The van der Waals surface area contributed by atoms with Gasteiger partial charge in [0.05, 0.1) is 25.7 Å². The molecule has 162 valence electrons. The molecular formula is C24H23FN6O. The van der Waals surface area contributed by atoms with E-state index >= 15 is 0 Å². The highest BCUT2D eigenvalue weighted by Crippen LogP contribution is 2.27. The molecule has 0 aliphatic carbocycles. The Balaban J connectivity index is 1.34. The van der Waals surface area contributed by atoms with Crippen molar-refractivity contribution in [2.75, 3.05) is 36.5 Å². The third-order valence-electron chi connectivity index (χ3n) is 5.37. The number of hydrogen-bond acceptors (Lipinski definition) is 6. The molecule has 0 amide bonds. The standard InChI is InChI=1S/C24H23FN6O/c25-22-15-27-24(28-20-6-4-18(5-7-20)16-30-9-8-26-17-30)29-23(22)19-2-1-3-21(14-19)31-10-12-32-13-11-31/h1-9,14-15,17H,10-13,16H2,(H,27,28,29). The van der Waals surface area contributed by atoms with Crippen LogP contribution in [-0.2, 0) is 11.3 Å². The number of nitrogens with zero attached hydrogens (tertiary/aromatic N) is 5. The average Bonchev–Trinajstić information content (AvgIpc) is 3.35. The molecule has 0 radical (unpaired) electrons. The van der Waals surface area contributed by atoms with Crippen LogP contribution in [0.2, 0.25) is 0 Å². The van der Waals surface area contributed by atoms with Crippen LogP contribution in [0.5, 0.6) is 0 Å². The van der Waals surface area contributed by atoms with Crippen molar-refractivity contribution >= 4 is 17.3 Å². The topological polar surface area (TPSA) is 68.1 Å². The molecule has 1 saturated heterocycles. The second kappa shape index (κ2) is 9.15. The van der Waals surface area contributed by atoms with Crippen molar-refractivity contribution in [1.29, 1.82) is 0 Å². The maximum atomic E-state index is 14.6. The Morgan fingerprint density at radius 3 is 2.69 bits per heavy atom. The third-order valence-corrected chi connectivity index (χ3v) is 5.37. The van der Waals surface area contributed by atoms with E-state index in [2.05, 4.69) is 25.2 Å². The fraction of sp³-hybridized carbons (Fsp3) is 0.208. The van der Waals surface area contributed by atoms with E-state index in [0.29, 0.717) is 24.7 Å². The van der Waals surface area contributed by atoms with Crippen molar-refractivity contribution in [2.45, 2.75) is 6.54 Å². The molecule has 7 nitrogen and oxygen atoms in total. The number of nitrogens with one attached hydrogen (secondary N) is 1. The molecule has 5 rings (SSSR count). The van der Waals surface area contributed by atoms with Crippen molar-refractivity contribution < 1.29 is 9.13 Å². The molecule has 0 atom stereocenters. The normalized spacial score (nSPS) is 13.8. The van der Waals surface area contributed by atoms with Crippen molar-refractivity contribution in [3.63, 3.8) is 0 Å². The number of ether oxygens (including phenoxy) is 1. The highest BCUT2D eigenvalue weighted by atomic mass is 19.1. The van der Waals surface area contributed by atoms with E-state index in [1.54, 1.807) is 12.5 Å². The van der Waals surface area contributed by atoms with E-state index in [4.69, 9.17) is 4.74 Å². The number of anilines is 3. The van der Waals surface area contributed by atoms with Gasteiger partial charge in [-0.3, -0.25) is 0 Å². The molecule has 0 unspecified atom stereocenters. The van der Waals surface area contributed by atoms with Gasteiger partial charge in [0.25, 0.3) is 0 Å². The Morgan fingerprint density at radius 1 is 1.06 bits per heavy atom. The Bertz CT molecular complexity index is 1170. The molecule has 1 aliphatic rings.